The molecule has 0 saturated heterocycles. The first-order valence-corrected chi connectivity index (χ1v) is 12.5. The summed E-state index contributed by atoms with van der Waals surface area (Å²) in [6.07, 6.45) is 15.4. The Labute approximate surface area is 194 Å². The van der Waals surface area contributed by atoms with Crippen LogP contribution in [0.4, 0.5) is 4.39 Å². The van der Waals surface area contributed by atoms with Crippen molar-refractivity contribution in [2.24, 2.45) is 5.92 Å². The van der Waals surface area contributed by atoms with Crippen molar-refractivity contribution in [3.05, 3.63) is 78.1 Å². The van der Waals surface area contributed by atoms with E-state index in [2.05, 4.69) is 39.0 Å². The highest BCUT2D eigenvalue weighted by atomic mass is 19.1. The molecule has 1 nitrogen and oxygen atoms in total. The van der Waals surface area contributed by atoms with Crippen LogP contribution >= 0.6 is 0 Å². The zero-order valence-corrected chi connectivity index (χ0v) is 20.1. The number of hydrogen-bond acceptors (Lipinski definition) is 1. The molecule has 0 aromatic heterocycles. The summed E-state index contributed by atoms with van der Waals surface area (Å²) in [5.41, 5.74) is 3.32. The van der Waals surface area contributed by atoms with Gasteiger partial charge < -0.3 is 4.74 Å². The van der Waals surface area contributed by atoms with Crippen molar-refractivity contribution in [3.8, 4) is 11.1 Å². The number of halogens is 1. The quantitative estimate of drug-likeness (QED) is 0.303. The summed E-state index contributed by atoms with van der Waals surface area (Å²) >= 11 is 0. The molecule has 0 saturated carbocycles. The van der Waals surface area contributed by atoms with Crippen LogP contribution in [0.2, 0.25) is 0 Å². The normalized spacial score (nSPS) is 19.1. The number of rotatable bonds is 12. The van der Waals surface area contributed by atoms with Crippen molar-refractivity contribution in [2.45, 2.75) is 77.7 Å². The maximum atomic E-state index is 15.0. The minimum atomic E-state index is -0.241. The van der Waals surface area contributed by atoms with Crippen LogP contribution in [-0.2, 0) is 4.74 Å². The fourth-order valence-corrected chi connectivity index (χ4v) is 4.37. The molecule has 0 heterocycles. The fraction of sp³-hybridized carbons (Fsp3) is 0.467. The number of benzene rings is 2. The third-order valence-corrected chi connectivity index (χ3v) is 6.75. The van der Waals surface area contributed by atoms with Gasteiger partial charge in [0.15, 0.2) is 0 Å². The van der Waals surface area contributed by atoms with Gasteiger partial charge in [-0.1, -0.05) is 107 Å². The Morgan fingerprint density at radius 1 is 1.00 bits per heavy atom. The topological polar surface area (TPSA) is 9.23 Å². The van der Waals surface area contributed by atoms with Crippen LogP contribution in [0.5, 0.6) is 0 Å². The Balaban J connectivity index is 1.69. The number of hydrogen-bond donors (Lipinski definition) is 0. The lowest BCUT2D eigenvalue weighted by Gasteiger charge is -2.33. The second-order valence-electron chi connectivity index (χ2n) is 9.28. The minimum Gasteiger partial charge on any atom is -0.371 e. The van der Waals surface area contributed by atoms with Crippen molar-refractivity contribution in [3.63, 3.8) is 0 Å². The molecule has 3 rings (SSSR count). The van der Waals surface area contributed by atoms with Gasteiger partial charge in [0.1, 0.15) is 5.82 Å². The highest BCUT2D eigenvalue weighted by Gasteiger charge is 2.29. The predicted molar refractivity (Wildman–Crippen MR) is 135 cm³/mol. The summed E-state index contributed by atoms with van der Waals surface area (Å²) in [5.74, 6) is 0.583. The van der Waals surface area contributed by atoms with Crippen molar-refractivity contribution in [1.82, 2.24) is 0 Å². The lowest BCUT2D eigenvalue weighted by molar-refractivity contribution is -0.0173. The lowest BCUT2D eigenvalue weighted by Crippen LogP contribution is -2.32. The summed E-state index contributed by atoms with van der Waals surface area (Å²) in [6, 6.07) is 15.5. The van der Waals surface area contributed by atoms with E-state index >= 15 is 4.39 Å². The predicted octanol–water partition coefficient (Wildman–Crippen LogP) is 9.00. The first-order valence-electron chi connectivity index (χ1n) is 12.5. The van der Waals surface area contributed by atoms with Crippen LogP contribution in [0.25, 0.3) is 16.7 Å². The molecule has 0 radical (unpaired) electrons. The molecule has 2 aromatic carbocycles. The van der Waals surface area contributed by atoms with Crippen LogP contribution in [0.15, 0.2) is 66.8 Å². The summed E-state index contributed by atoms with van der Waals surface area (Å²) in [4.78, 5) is 0. The number of ether oxygens (including phenoxy) is 1. The van der Waals surface area contributed by atoms with Crippen LogP contribution < -0.4 is 0 Å². The van der Waals surface area contributed by atoms with E-state index < -0.39 is 0 Å². The SMILES string of the molecule is CCCCC[C@@]1(OCCCC(C)CC)C=CC(c2ccc(-c3ccccc3)cc2F)=CC1. The molecule has 1 aliphatic carbocycles. The van der Waals surface area contributed by atoms with Crippen molar-refractivity contribution in [2.75, 3.05) is 6.61 Å². The van der Waals surface area contributed by atoms with E-state index in [0.29, 0.717) is 5.56 Å². The molecule has 0 spiro atoms. The van der Waals surface area contributed by atoms with Gasteiger partial charge in [0.05, 0.1) is 5.60 Å². The zero-order chi connectivity index (χ0) is 22.8. The second kappa shape index (κ2) is 12.2. The highest BCUT2D eigenvalue weighted by molar-refractivity contribution is 5.77. The van der Waals surface area contributed by atoms with E-state index in [-0.39, 0.29) is 11.4 Å². The van der Waals surface area contributed by atoms with Crippen LogP contribution in [-0.4, -0.2) is 12.2 Å². The van der Waals surface area contributed by atoms with Gasteiger partial charge in [0, 0.05) is 12.2 Å². The van der Waals surface area contributed by atoms with E-state index in [1.54, 1.807) is 6.07 Å². The average molecular weight is 435 g/mol. The second-order valence-corrected chi connectivity index (χ2v) is 9.28. The zero-order valence-electron chi connectivity index (χ0n) is 20.1. The standard InChI is InChI=1S/C30H39FO/c1-4-6-10-19-30(32-22-11-12-24(3)5-2)20-17-26(18-21-30)28-16-15-27(23-29(28)31)25-13-8-7-9-14-25/h7-9,13-18,20,23-24H,4-6,10-12,19,21-22H2,1-3H3/t24?,30-/m1/s1. The van der Waals surface area contributed by atoms with E-state index in [4.69, 9.17) is 4.74 Å². The minimum absolute atomic E-state index is 0.171. The van der Waals surface area contributed by atoms with Gasteiger partial charge >= 0.3 is 0 Å². The molecule has 0 amide bonds. The molecule has 1 unspecified atom stereocenters. The molecule has 0 bridgehead atoms. The molecule has 2 aromatic rings. The largest absolute Gasteiger partial charge is 0.371 e. The Morgan fingerprint density at radius 2 is 1.81 bits per heavy atom. The number of unbranched alkanes of at least 4 members (excludes halogenated alkanes) is 2. The van der Waals surface area contributed by atoms with Gasteiger partial charge in [-0.3, -0.25) is 0 Å². The lowest BCUT2D eigenvalue weighted by atomic mass is 9.85. The Kier molecular flexibility index (Phi) is 9.29. The Hall–Kier alpha value is -2.19. The maximum Gasteiger partial charge on any atom is 0.131 e. The van der Waals surface area contributed by atoms with Gasteiger partial charge in [0.25, 0.3) is 0 Å². The summed E-state index contributed by atoms with van der Waals surface area (Å²) in [7, 11) is 0. The molecule has 2 atom stereocenters. The molecule has 2 heteroatoms. The highest BCUT2D eigenvalue weighted by Crippen LogP contribution is 2.35. The smallest absolute Gasteiger partial charge is 0.131 e. The van der Waals surface area contributed by atoms with Gasteiger partial charge in [-0.2, -0.15) is 0 Å². The van der Waals surface area contributed by atoms with E-state index in [9.17, 15) is 0 Å². The third kappa shape index (κ3) is 6.65. The molecule has 172 valence electrons. The van der Waals surface area contributed by atoms with E-state index in [1.807, 2.05) is 42.5 Å². The molecule has 1 aliphatic rings. The molecule has 32 heavy (non-hydrogen) atoms. The molecule has 0 aliphatic heterocycles. The van der Waals surface area contributed by atoms with Gasteiger partial charge in [-0.15, -0.1) is 0 Å². The van der Waals surface area contributed by atoms with E-state index in [0.717, 1.165) is 54.9 Å². The average Bonchev–Trinajstić information content (AvgIpc) is 2.83. The number of allylic oxidation sites excluding steroid dienone is 2. The Morgan fingerprint density at radius 3 is 2.47 bits per heavy atom. The summed E-state index contributed by atoms with van der Waals surface area (Å²) < 4.78 is 21.5. The van der Waals surface area contributed by atoms with Crippen LogP contribution in [0.3, 0.4) is 0 Å². The van der Waals surface area contributed by atoms with Crippen molar-refractivity contribution >= 4 is 5.57 Å². The van der Waals surface area contributed by atoms with Crippen molar-refractivity contribution < 1.29 is 9.13 Å². The van der Waals surface area contributed by atoms with Crippen LogP contribution in [0.1, 0.15) is 77.7 Å². The van der Waals surface area contributed by atoms with E-state index in [1.165, 1.54) is 25.7 Å². The van der Waals surface area contributed by atoms with Gasteiger partial charge in [-0.05, 0) is 54.4 Å². The molecule has 0 N–H and O–H groups in total. The summed E-state index contributed by atoms with van der Waals surface area (Å²) in [5, 5.41) is 0. The summed E-state index contributed by atoms with van der Waals surface area (Å²) in [6.45, 7) is 7.59. The third-order valence-electron chi connectivity index (χ3n) is 6.75. The fourth-order valence-electron chi connectivity index (χ4n) is 4.37. The maximum absolute atomic E-state index is 15.0. The molecular formula is C30H39FO. The molecule has 0 fully saturated rings. The van der Waals surface area contributed by atoms with Gasteiger partial charge in [-0.25, -0.2) is 4.39 Å². The van der Waals surface area contributed by atoms with Gasteiger partial charge in [0.2, 0.25) is 0 Å². The Bertz CT molecular complexity index is 898. The molecular weight excluding hydrogens is 395 g/mol. The van der Waals surface area contributed by atoms with Crippen molar-refractivity contribution in [1.29, 1.82) is 0 Å². The van der Waals surface area contributed by atoms with Crippen LogP contribution in [0, 0.1) is 11.7 Å². The first-order chi connectivity index (χ1) is 15.6. The monoisotopic (exact) mass is 434 g/mol. The first kappa shape index (κ1) is 24.5.